The van der Waals surface area contributed by atoms with Crippen molar-refractivity contribution >= 4 is 17.3 Å². The summed E-state index contributed by atoms with van der Waals surface area (Å²) in [5, 5.41) is 3.53. The molecule has 0 aliphatic heterocycles. The van der Waals surface area contributed by atoms with Gasteiger partial charge in [0.25, 0.3) is 0 Å². The number of rotatable bonds is 3. The summed E-state index contributed by atoms with van der Waals surface area (Å²) in [5.41, 5.74) is 2.66. The van der Waals surface area contributed by atoms with Crippen molar-refractivity contribution in [2.24, 2.45) is 0 Å². The van der Waals surface area contributed by atoms with E-state index in [2.05, 4.69) is 5.32 Å². The fraction of sp³-hybridized carbons (Fsp3) is 0.200. The number of nitrogens with one attached hydrogen (secondary N) is 1. The zero-order valence-electron chi connectivity index (χ0n) is 10.4. The van der Waals surface area contributed by atoms with Crippen LogP contribution < -0.4 is 5.32 Å². The van der Waals surface area contributed by atoms with Gasteiger partial charge in [-0.05, 0) is 37.1 Å². The number of anilines is 1. The normalized spacial score (nSPS) is 12.2. The smallest absolute Gasteiger partial charge is 0.147 e. The van der Waals surface area contributed by atoms with Crippen LogP contribution in [0.1, 0.15) is 24.1 Å². The Hall–Kier alpha value is -1.54. The minimum Gasteiger partial charge on any atom is -0.375 e. The van der Waals surface area contributed by atoms with Crippen molar-refractivity contribution in [2.45, 2.75) is 19.9 Å². The van der Waals surface area contributed by atoms with E-state index in [4.69, 9.17) is 11.6 Å². The van der Waals surface area contributed by atoms with Crippen molar-refractivity contribution in [3.8, 4) is 0 Å². The van der Waals surface area contributed by atoms with Gasteiger partial charge in [-0.2, -0.15) is 0 Å². The molecule has 0 heterocycles. The van der Waals surface area contributed by atoms with Crippen LogP contribution in [0, 0.1) is 12.7 Å². The van der Waals surface area contributed by atoms with Gasteiger partial charge in [-0.3, -0.25) is 0 Å². The van der Waals surface area contributed by atoms with Crippen molar-refractivity contribution in [3.05, 3.63) is 64.4 Å². The molecule has 1 N–H and O–H groups in total. The van der Waals surface area contributed by atoms with Crippen molar-refractivity contribution in [1.82, 2.24) is 0 Å². The summed E-state index contributed by atoms with van der Waals surface area (Å²) in [7, 11) is 0. The molecular formula is C15H15ClFN. The third kappa shape index (κ3) is 2.65. The number of benzene rings is 2. The second kappa shape index (κ2) is 5.40. The van der Waals surface area contributed by atoms with Gasteiger partial charge in [-0.25, -0.2) is 4.39 Å². The predicted molar refractivity (Wildman–Crippen MR) is 74.6 cm³/mol. The Balaban J connectivity index is 2.27. The van der Waals surface area contributed by atoms with Gasteiger partial charge in [0.15, 0.2) is 0 Å². The first kappa shape index (κ1) is 12.9. The van der Waals surface area contributed by atoms with Crippen LogP contribution in [0.4, 0.5) is 10.1 Å². The first-order chi connectivity index (χ1) is 8.59. The lowest BCUT2D eigenvalue weighted by Gasteiger charge is -2.19. The molecule has 94 valence electrons. The number of hydrogen-bond acceptors (Lipinski definition) is 1. The van der Waals surface area contributed by atoms with Crippen LogP contribution in [0.3, 0.4) is 0 Å². The molecule has 1 atom stereocenters. The summed E-state index contributed by atoms with van der Waals surface area (Å²) in [5.74, 6) is -0.331. The maximum atomic E-state index is 13.7. The molecule has 2 aromatic rings. The molecule has 0 saturated heterocycles. The van der Waals surface area contributed by atoms with Crippen LogP contribution in [0.2, 0.25) is 5.02 Å². The molecule has 2 rings (SSSR count). The van der Waals surface area contributed by atoms with Crippen LogP contribution >= 0.6 is 11.6 Å². The summed E-state index contributed by atoms with van der Waals surface area (Å²) >= 11 is 6.00. The van der Waals surface area contributed by atoms with Crippen molar-refractivity contribution in [3.63, 3.8) is 0 Å². The summed E-state index contributed by atoms with van der Waals surface area (Å²) in [6, 6.07) is 12.7. The molecule has 0 saturated carbocycles. The Morgan fingerprint density at radius 3 is 2.50 bits per heavy atom. The Bertz CT molecular complexity index is 534. The van der Waals surface area contributed by atoms with E-state index < -0.39 is 0 Å². The highest BCUT2D eigenvalue weighted by Crippen LogP contribution is 2.29. The van der Waals surface area contributed by atoms with Gasteiger partial charge in [0, 0.05) is 6.04 Å². The van der Waals surface area contributed by atoms with E-state index >= 15 is 0 Å². The molecular weight excluding hydrogens is 249 g/mol. The van der Waals surface area contributed by atoms with Crippen molar-refractivity contribution in [2.75, 3.05) is 5.32 Å². The molecule has 0 bridgehead atoms. The standard InChI is InChI=1S/C15H15ClFN/c1-10-6-3-4-7-12(10)11(2)18-15-13(16)8-5-9-14(15)17/h3-9,11,18H,1-2H3. The van der Waals surface area contributed by atoms with E-state index in [1.54, 1.807) is 12.1 Å². The minimum absolute atomic E-state index is 0.000556. The third-order valence-electron chi connectivity index (χ3n) is 2.98. The van der Waals surface area contributed by atoms with E-state index in [-0.39, 0.29) is 11.9 Å². The quantitative estimate of drug-likeness (QED) is 0.825. The SMILES string of the molecule is Cc1ccccc1C(C)Nc1c(F)cccc1Cl. The van der Waals surface area contributed by atoms with Crippen molar-refractivity contribution in [1.29, 1.82) is 0 Å². The van der Waals surface area contributed by atoms with Gasteiger partial charge in [0.2, 0.25) is 0 Å². The van der Waals surface area contributed by atoms with Gasteiger partial charge in [0.1, 0.15) is 5.82 Å². The van der Waals surface area contributed by atoms with Crippen molar-refractivity contribution < 1.29 is 4.39 Å². The minimum atomic E-state index is -0.331. The van der Waals surface area contributed by atoms with E-state index in [9.17, 15) is 4.39 Å². The number of para-hydroxylation sites is 1. The fourth-order valence-corrected chi connectivity index (χ4v) is 2.22. The van der Waals surface area contributed by atoms with Crippen LogP contribution in [-0.4, -0.2) is 0 Å². The zero-order valence-corrected chi connectivity index (χ0v) is 11.1. The van der Waals surface area contributed by atoms with Gasteiger partial charge < -0.3 is 5.32 Å². The van der Waals surface area contributed by atoms with E-state index in [1.807, 2.05) is 38.1 Å². The zero-order chi connectivity index (χ0) is 13.1. The molecule has 3 heteroatoms. The molecule has 0 spiro atoms. The van der Waals surface area contributed by atoms with Crippen LogP contribution in [0.5, 0.6) is 0 Å². The highest BCUT2D eigenvalue weighted by molar-refractivity contribution is 6.33. The Kier molecular flexibility index (Phi) is 3.87. The molecule has 18 heavy (non-hydrogen) atoms. The second-order valence-electron chi connectivity index (χ2n) is 4.32. The Morgan fingerprint density at radius 1 is 1.11 bits per heavy atom. The summed E-state index contributed by atoms with van der Waals surface area (Å²) in [4.78, 5) is 0. The lowest BCUT2D eigenvalue weighted by Crippen LogP contribution is -2.09. The van der Waals surface area contributed by atoms with Crippen LogP contribution in [-0.2, 0) is 0 Å². The fourth-order valence-electron chi connectivity index (χ4n) is 2.00. The van der Waals surface area contributed by atoms with Gasteiger partial charge in [0.05, 0.1) is 10.7 Å². The third-order valence-corrected chi connectivity index (χ3v) is 3.29. The monoisotopic (exact) mass is 263 g/mol. The number of hydrogen-bond donors (Lipinski definition) is 1. The molecule has 2 aromatic carbocycles. The molecule has 1 unspecified atom stereocenters. The molecule has 0 aliphatic carbocycles. The predicted octanol–water partition coefficient (Wildman–Crippen LogP) is 4.96. The number of aryl methyl sites for hydroxylation is 1. The first-order valence-corrected chi connectivity index (χ1v) is 6.23. The van der Waals surface area contributed by atoms with E-state index in [0.29, 0.717) is 10.7 Å². The summed E-state index contributed by atoms with van der Waals surface area (Å²) in [6.07, 6.45) is 0. The highest BCUT2D eigenvalue weighted by Gasteiger charge is 2.12. The average molecular weight is 264 g/mol. The largest absolute Gasteiger partial charge is 0.375 e. The highest BCUT2D eigenvalue weighted by atomic mass is 35.5. The lowest BCUT2D eigenvalue weighted by molar-refractivity contribution is 0.627. The molecule has 0 aromatic heterocycles. The number of halogens is 2. The maximum Gasteiger partial charge on any atom is 0.147 e. The van der Waals surface area contributed by atoms with Crippen LogP contribution in [0.25, 0.3) is 0 Å². The van der Waals surface area contributed by atoms with Gasteiger partial charge in [-0.1, -0.05) is 41.9 Å². The average Bonchev–Trinajstić information content (AvgIpc) is 2.34. The van der Waals surface area contributed by atoms with E-state index in [0.717, 1.165) is 5.56 Å². The maximum absolute atomic E-state index is 13.7. The Labute approximate surface area is 112 Å². The summed E-state index contributed by atoms with van der Waals surface area (Å²) in [6.45, 7) is 4.03. The molecule has 0 fully saturated rings. The molecule has 1 nitrogen and oxygen atoms in total. The molecule has 0 amide bonds. The van der Waals surface area contributed by atoms with Gasteiger partial charge in [-0.15, -0.1) is 0 Å². The lowest BCUT2D eigenvalue weighted by atomic mass is 10.0. The molecule has 0 aliphatic rings. The van der Waals surface area contributed by atoms with Crippen LogP contribution in [0.15, 0.2) is 42.5 Å². The second-order valence-corrected chi connectivity index (χ2v) is 4.73. The molecule has 0 radical (unpaired) electrons. The summed E-state index contributed by atoms with van der Waals surface area (Å²) < 4.78 is 13.7. The Morgan fingerprint density at radius 2 is 1.83 bits per heavy atom. The topological polar surface area (TPSA) is 12.0 Å². The first-order valence-electron chi connectivity index (χ1n) is 5.85. The van der Waals surface area contributed by atoms with Gasteiger partial charge >= 0.3 is 0 Å². The van der Waals surface area contributed by atoms with E-state index in [1.165, 1.54) is 11.6 Å².